The van der Waals surface area contributed by atoms with E-state index in [2.05, 4.69) is 62.1 Å². The van der Waals surface area contributed by atoms with Crippen molar-refractivity contribution >= 4 is 41.3 Å². The molecule has 2 N–H and O–H groups in total. The highest BCUT2D eigenvalue weighted by Crippen LogP contribution is 2.20. The number of aliphatic imine (C=N–C) groups is 1. The Labute approximate surface area is 196 Å². The van der Waals surface area contributed by atoms with Gasteiger partial charge in [-0.05, 0) is 44.4 Å². The summed E-state index contributed by atoms with van der Waals surface area (Å²) in [5, 5.41) is 10.1. The maximum Gasteiger partial charge on any atom is 0.191 e. The van der Waals surface area contributed by atoms with Crippen molar-refractivity contribution in [2.75, 3.05) is 20.1 Å². The molecular weight excluding hydrogens is 493 g/mol. The largest absolute Gasteiger partial charge is 0.356 e. The van der Waals surface area contributed by atoms with Gasteiger partial charge < -0.3 is 10.6 Å². The molecule has 2 heterocycles. The summed E-state index contributed by atoms with van der Waals surface area (Å²) in [5.74, 6) is 0.841. The normalized spacial score (nSPS) is 17.6. The van der Waals surface area contributed by atoms with Gasteiger partial charge in [0.15, 0.2) is 5.96 Å². The van der Waals surface area contributed by atoms with Gasteiger partial charge in [0.25, 0.3) is 0 Å². The number of halogens is 1. The third-order valence-electron chi connectivity index (χ3n) is 5.44. The van der Waals surface area contributed by atoms with Crippen molar-refractivity contribution in [1.29, 1.82) is 0 Å². The number of hydrogen-bond acceptors (Lipinski definition) is 4. The molecule has 1 aromatic carbocycles. The van der Waals surface area contributed by atoms with Crippen molar-refractivity contribution in [3.63, 3.8) is 0 Å². The van der Waals surface area contributed by atoms with E-state index in [0.29, 0.717) is 6.04 Å². The Morgan fingerprint density at radius 1 is 1.24 bits per heavy atom. The molecule has 1 aliphatic heterocycles. The Hall–Kier alpha value is -1.19. The van der Waals surface area contributed by atoms with Crippen LogP contribution in [0.1, 0.15) is 48.0 Å². The molecule has 3 rings (SSSR count). The van der Waals surface area contributed by atoms with E-state index in [9.17, 15) is 0 Å². The molecule has 2 aromatic rings. The van der Waals surface area contributed by atoms with Crippen LogP contribution in [-0.4, -0.2) is 42.0 Å². The minimum atomic E-state index is 0. The van der Waals surface area contributed by atoms with Crippen molar-refractivity contribution in [3.05, 3.63) is 51.5 Å². The highest BCUT2D eigenvalue weighted by Gasteiger charge is 2.19. The molecule has 0 spiro atoms. The van der Waals surface area contributed by atoms with Crippen LogP contribution in [0.4, 0.5) is 0 Å². The summed E-state index contributed by atoms with van der Waals surface area (Å²) < 4.78 is 0. The molecule has 1 fully saturated rings. The lowest BCUT2D eigenvalue weighted by Gasteiger charge is -2.33. The predicted octanol–water partition coefficient (Wildman–Crippen LogP) is 4.35. The molecule has 1 aliphatic rings. The summed E-state index contributed by atoms with van der Waals surface area (Å²) in [6.45, 7) is 8.26. The van der Waals surface area contributed by atoms with Gasteiger partial charge in [-0.15, -0.1) is 35.3 Å². The van der Waals surface area contributed by atoms with Crippen molar-refractivity contribution in [3.8, 4) is 0 Å². The predicted molar refractivity (Wildman–Crippen MR) is 134 cm³/mol. The number of likely N-dealkylation sites (tertiary alicyclic amines) is 1. The molecule has 0 amide bonds. The first-order valence-corrected chi connectivity index (χ1v) is 11.2. The fraction of sp³-hybridized carbons (Fsp3) is 0.545. The van der Waals surface area contributed by atoms with E-state index in [1.54, 1.807) is 11.3 Å². The molecule has 160 valence electrons. The highest BCUT2D eigenvalue weighted by molar-refractivity contribution is 14.0. The van der Waals surface area contributed by atoms with Crippen LogP contribution in [0, 0.1) is 6.92 Å². The van der Waals surface area contributed by atoms with Gasteiger partial charge in [0, 0.05) is 44.5 Å². The Morgan fingerprint density at radius 2 is 2.03 bits per heavy atom. The molecule has 7 heteroatoms. The van der Waals surface area contributed by atoms with Crippen LogP contribution in [0.25, 0.3) is 0 Å². The number of hydrogen-bond donors (Lipinski definition) is 2. The fourth-order valence-corrected chi connectivity index (χ4v) is 4.37. The fourth-order valence-electron chi connectivity index (χ4n) is 3.73. The molecule has 1 atom stereocenters. The molecule has 0 aliphatic carbocycles. The molecule has 0 bridgehead atoms. The van der Waals surface area contributed by atoms with Crippen LogP contribution >= 0.6 is 35.3 Å². The number of thiazole rings is 1. The lowest BCUT2D eigenvalue weighted by atomic mass is 10.0. The summed E-state index contributed by atoms with van der Waals surface area (Å²) >= 11 is 1.70. The lowest BCUT2D eigenvalue weighted by Crippen LogP contribution is -2.39. The van der Waals surface area contributed by atoms with Crippen LogP contribution in [0.5, 0.6) is 0 Å². The first kappa shape index (κ1) is 24.1. The van der Waals surface area contributed by atoms with E-state index in [-0.39, 0.29) is 24.0 Å². The quantitative estimate of drug-likeness (QED) is 0.320. The maximum absolute atomic E-state index is 4.51. The first-order valence-electron chi connectivity index (χ1n) is 10.3. The molecule has 1 unspecified atom stereocenters. The number of rotatable bonds is 7. The molecule has 1 aromatic heterocycles. The Bertz CT molecular complexity index is 776. The minimum absolute atomic E-state index is 0. The second-order valence-electron chi connectivity index (χ2n) is 7.54. The number of nitrogens with one attached hydrogen (secondary N) is 2. The van der Waals surface area contributed by atoms with E-state index in [1.165, 1.54) is 36.9 Å². The zero-order valence-corrected chi connectivity index (χ0v) is 20.9. The van der Waals surface area contributed by atoms with Gasteiger partial charge in [0.05, 0.1) is 10.7 Å². The van der Waals surface area contributed by atoms with E-state index in [0.717, 1.165) is 42.7 Å². The van der Waals surface area contributed by atoms with Crippen molar-refractivity contribution < 1.29 is 0 Å². The van der Waals surface area contributed by atoms with Gasteiger partial charge in [-0.2, -0.15) is 0 Å². The van der Waals surface area contributed by atoms with E-state index < -0.39 is 0 Å². The number of piperidine rings is 1. The van der Waals surface area contributed by atoms with Gasteiger partial charge in [-0.1, -0.05) is 30.7 Å². The average Bonchev–Trinajstić information content (AvgIpc) is 3.12. The third kappa shape index (κ3) is 7.53. The maximum atomic E-state index is 4.51. The van der Waals surface area contributed by atoms with Crippen molar-refractivity contribution in [1.82, 2.24) is 20.5 Å². The van der Waals surface area contributed by atoms with Crippen LogP contribution in [0.3, 0.4) is 0 Å². The zero-order valence-electron chi connectivity index (χ0n) is 17.8. The zero-order chi connectivity index (χ0) is 19.8. The standard InChI is InChI=1S/C22H33N5S.HI/c1-17-8-6-7-13-27(17)15-20-10-5-4-9-19(20)14-25-22(23-3)24-12-11-21-16-28-18(2)26-21;/h4-5,9-10,16-17H,6-8,11-15H2,1-3H3,(H2,23,24,25);1H. The van der Waals surface area contributed by atoms with E-state index in [4.69, 9.17) is 0 Å². The summed E-state index contributed by atoms with van der Waals surface area (Å²) in [7, 11) is 1.82. The highest BCUT2D eigenvalue weighted by atomic mass is 127. The summed E-state index contributed by atoms with van der Waals surface area (Å²) in [6, 6.07) is 9.44. The Balaban J connectivity index is 0.00000300. The van der Waals surface area contributed by atoms with Crippen LogP contribution < -0.4 is 10.6 Å². The molecular formula is C22H34IN5S. The lowest BCUT2D eigenvalue weighted by molar-refractivity contribution is 0.152. The first-order chi connectivity index (χ1) is 13.7. The Kier molecular flexibility index (Phi) is 10.4. The number of guanidine groups is 1. The third-order valence-corrected chi connectivity index (χ3v) is 6.26. The smallest absolute Gasteiger partial charge is 0.191 e. The van der Waals surface area contributed by atoms with Crippen molar-refractivity contribution in [2.24, 2.45) is 4.99 Å². The van der Waals surface area contributed by atoms with E-state index >= 15 is 0 Å². The number of benzene rings is 1. The number of nitrogens with zero attached hydrogens (tertiary/aromatic N) is 3. The average molecular weight is 528 g/mol. The van der Waals surface area contributed by atoms with Crippen LogP contribution in [0.15, 0.2) is 34.6 Å². The monoisotopic (exact) mass is 527 g/mol. The molecule has 5 nitrogen and oxygen atoms in total. The Morgan fingerprint density at radius 3 is 2.72 bits per heavy atom. The number of aryl methyl sites for hydroxylation is 1. The second kappa shape index (κ2) is 12.5. The van der Waals surface area contributed by atoms with E-state index in [1.807, 2.05) is 14.0 Å². The van der Waals surface area contributed by atoms with Gasteiger partial charge in [-0.25, -0.2) is 4.98 Å². The van der Waals surface area contributed by atoms with Crippen molar-refractivity contribution in [2.45, 2.75) is 58.7 Å². The van der Waals surface area contributed by atoms with Crippen LogP contribution in [0.2, 0.25) is 0 Å². The molecule has 1 saturated heterocycles. The number of aromatic nitrogens is 1. The summed E-state index contributed by atoms with van der Waals surface area (Å²) in [5.41, 5.74) is 3.90. The molecule has 0 saturated carbocycles. The molecule has 29 heavy (non-hydrogen) atoms. The van der Waals surface area contributed by atoms with Gasteiger partial charge in [-0.3, -0.25) is 9.89 Å². The van der Waals surface area contributed by atoms with Crippen LogP contribution in [-0.2, 0) is 19.5 Å². The molecule has 0 radical (unpaired) electrons. The summed E-state index contributed by atoms with van der Waals surface area (Å²) in [4.78, 5) is 11.5. The minimum Gasteiger partial charge on any atom is -0.356 e. The SMILES string of the molecule is CN=C(NCCc1csc(C)n1)NCc1ccccc1CN1CCCCC1C.I. The van der Waals surface area contributed by atoms with Gasteiger partial charge in [0.2, 0.25) is 0 Å². The summed E-state index contributed by atoms with van der Waals surface area (Å²) in [6.07, 6.45) is 4.91. The second-order valence-corrected chi connectivity index (χ2v) is 8.61. The van der Waals surface area contributed by atoms with Gasteiger partial charge in [0.1, 0.15) is 0 Å². The topological polar surface area (TPSA) is 52.6 Å². The van der Waals surface area contributed by atoms with Gasteiger partial charge >= 0.3 is 0 Å².